The molecule has 2 aromatic carbocycles. The van der Waals surface area contributed by atoms with Gasteiger partial charge in [0.25, 0.3) is 5.91 Å². The van der Waals surface area contributed by atoms with Crippen molar-refractivity contribution in [2.24, 2.45) is 0 Å². The fourth-order valence-corrected chi connectivity index (χ4v) is 3.30. The van der Waals surface area contributed by atoms with Crippen molar-refractivity contribution in [3.63, 3.8) is 0 Å². The molecule has 2 heterocycles. The van der Waals surface area contributed by atoms with Crippen LogP contribution in [0.1, 0.15) is 22.8 Å². The predicted octanol–water partition coefficient (Wildman–Crippen LogP) is 5.76. The van der Waals surface area contributed by atoms with Gasteiger partial charge in [-0.25, -0.2) is 9.97 Å². The maximum absolute atomic E-state index is 13.0. The maximum Gasteiger partial charge on any atom is 0.257 e. The van der Waals surface area contributed by atoms with E-state index < -0.39 is 0 Å². The molecule has 4 nitrogen and oxygen atoms in total. The van der Waals surface area contributed by atoms with Crippen LogP contribution in [0.25, 0.3) is 22.2 Å². The van der Waals surface area contributed by atoms with Gasteiger partial charge in [-0.1, -0.05) is 61.0 Å². The highest BCUT2D eigenvalue weighted by Crippen LogP contribution is 2.29. The Bertz CT molecular complexity index is 1140. The monoisotopic (exact) mass is 387 g/mol. The number of amides is 1. The molecule has 4 aromatic rings. The fourth-order valence-electron chi connectivity index (χ4n) is 3.08. The molecule has 0 radical (unpaired) electrons. The zero-order valence-corrected chi connectivity index (χ0v) is 16.1. The highest BCUT2D eigenvalue weighted by atomic mass is 35.5. The quantitative estimate of drug-likeness (QED) is 0.484. The Hall–Kier alpha value is -3.24. The van der Waals surface area contributed by atoms with E-state index in [1.54, 1.807) is 30.5 Å². The van der Waals surface area contributed by atoms with Crippen LogP contribution < -0.4 is 5.32 Å². The van der Waals surface area contributed by atoms with Crippen LogP contribution in [0.4, 0.5) is 5.82 Å². The molecule has 0 aliphatic carbocycles. The Labute approximate surface area is 168 Å². The van der Waals surface area contributed by atoms with Crippen LogP contribution in [0.2, 0.25) is 5.02 Å². The Kier molecular flexibility index (Phi) is 5.04. The van der Waals surface area contributed by atoms with E-state index in [1.807, 2.05) is 30.3 Å². The van der Waals surface area contributed by atoms with Crippen LogP contribution in [-0.2, 0) is 6.42 Å². The Balaban J connectivity index is 1.84. The highest BCUT2D eigenvalue weighted by molar-refractivity contribution is 6.35. The molecule has 1 N–H and O–H groups in total. The summed E-state index contributed by atoms with van der Waals surface area (Å²) >= 11 is 6.39. The molecule has 0 saturated heterocycles. The van der Waals surface area contributed by atoms with Crippen LogP contribution in [0.3, 0.4) is 0 Å². The number of anilines is 1. The van der Waals surface area contributed by atoms with Crippen molar-refractivity contribution >= 4 is 34.2 Å². The van der Waals surface area contributed by atoms with Gasteiger partial charge in [0.15, 0.2) is 0 Å². The summed E-state index contributed by atoms with van der Waals surface area (Å²) in [5.41, 5.74) is 4.00. The van der Waals surface area contributed by atoms with E-state index in [4.69, 9.17) is 16.6 Å². The molecule has 0 aliphatic heterocycles. The second-order valence-electron chi connectivity index (χ2n) is 6.41. The summed E-state index contributed by atoms with van der Waals surface area (Å²) in [6, 6.07) is 20.8. The normalized spacial score (nSPS) is 10.8. The largest absolute Gasteiger partial charge is 0.307 e. The van der Waals surface area contributed by atoms with E-state index in [2.05, 4.69) is 29.4 Å². The standard InChI is InChI=1S/C23H18ClN3O/c1-2-15-9-11-16(12-10-15)20-14-18(17-6-5-7-19(24)22(17)26-20)23(28)27-21-8-3-4-13-25-21/h3-14H,2H2,1H3,(H,25,27,28). The fraction of sp³-hybridized carbons (Fsp3) is 0.0870. The number of para-hydroxylation sites is 1. The summed E-state index contributed by atoms with van der Waals surface area (Å²) in [5, 5.41) is 4.06. The van der Waals surface area contributed by atoms with E-state index in [9.17, 15) is 4.79 Å². The Morgan fingerprint density at radius 1 is 1.04 bits per heavy atom. The van der Waals surface area contributed by atoms with E-state index in [-0.39, 0.29) is 5.91 Å². The first kappa shape index (κ1) is 18.1. The number of fused-ring (bicyclic) bond motifs is 1. The van der Waals surface area contributed by atoms with Crippen molar-refractivity contribution in [2.75, 3.05) is 5.32 Å². The average molecular weight is 388 g/mol. The van der Waals surface area contributed by atoms with Crippen molar-refractivity contribution in [2.45, 2.75) is 13.3 Å². The summed E-state index contributed by atoms with van der Waals surface area (Å²) < 4.78 is 0. The SMILES string of the molecule is CCc1ccc(-c2cc(C(=O)Nc3ccccn3)c3cccc(Cl)c3n2)cc1. The first-order chi connectivity index (χ1) is 13.7. The lowest BCUT2D eigenvalue weighted by molar-refractivity contribution is 0.102. The summed E-state index contributed by atoms with van der Waals surface area (Å²) in [5.74, 6) is 0.244. The number of nitrogens with one attached hydrogen (secondary N) is 1. The number of aryl methyl sites for hydroxylation is 1. The van der Waals surface area contributed by atoms with Gasteiger partial charge in [-0.3, -0.25) is 4.79 Å². The maximum atomic E-state index is 13.0. The topological polar surface area (TPSA) is 54.9 Å². The summed E-state index contributed by atoms with van der Waals surface area (Å²) in [4.78, 5) is 21.9. The van der Waals surface area contributed by atoms with Gasteiger partial charge in [-0.15, -0.1) is 0 Å². The van der Waals surface area contributed by atoms with E-state index in [1.165, 1.54) is 5.56 Å². The number of carbonyl (C=O) groups is 1. The molecule has 0 spiro atoms. The molecule has 0 atom stereocenters. The number of hydrogen-bond donors (Lipinski definition) is 1. The zero-order valence-electron chi connectivity index (χ0n) is 15.3. The molecule has 28 heavy (non-hydrogen) atoms. The minimum absolute atomic E-state index is 0.250. The molecule has 5 heteroatoms. The molecule has 0 bridgehead atoms. The van der Waals surface area contributed by atoms with E-state index in [0.29, 0.717) is 33.0 Å². The van der Waals surface area contributed by atoms with Gasteiger partial charge < -0.3 is 5.32 Å². The molecule has 138 valence electrons. The van der Waals surface area contributed by atoms with Gasteiger partial charge in [-0.05, 0) is 36.2 Å². The van der Waals surface area contributed by atoms with Crippen LogP contribution in [0.15, 0.2) is 72.9 Å². The van der Waals surface area contributed by atoms with Gasteiger partial charge >= 0.3 is 0 Å². The lowest BCUT2D eigenvalue weighted by Crippen LogP contribution is -2.14. The third kappa shape index (κ3) is 3.59. The zero-order chi connectivity index (χ0) is 19.5. The van der Waals surface area contributed by atoms with Crippen molar-refractivity contribution < 1.29 is 4.79 Å². The molecule has 0 fully saturated rings. The third-order valence-electron chi connectivity index (χ3n) is 4.60. The number of hydrogen-bond acceptors (Lipinski definition) is 3. The molecule has 0 aliphatic rings. The summed E-state index contributed by atoms with van der Waals surface area (Å²) in [6.07, 6.45) is 2.60. The Morgan fingerprint density at radius 2 is 1.86 bits per heavy atom. The lowest BCUT2D eigenvalue weighted by atomic mass is 10.0. The average Bonchev–Trinajstić information content (AvgIpc) is 2.74. The third-order valence-corrected chi connectivity index (χ3v) is 4.90. The number of benzene rings is 2. The van der Waals surface area contributed by atoms with Crippen LogP contribution in [0, 0.1) is 0 Å². The van der Waals surface area contributed by atoms with Crippen molar-refractivity contribution in [1.29, 1.82) is 0 Å². The second kappa shape index (κ2) is 7.79. The molecule has 4 rings (SSSR count). The van der Waals surface area contributed by atoms with Gasteiger partial charge in [0.05, 0.1) is 21.8 Å². The first-order valence-electron chi connectivity index (χ1n) is 9.06. The van der Waals surface area contributed by atoms with Crippen molar-refractivity contribution in [1.82, 2.24) is 9.97 Å². The summed E-state index contributed by atoms with van der Waals surface area (Å²) in [6.45, 7) is 2.11. The van der Waals surface area contributed by atoms with Gasteiger partial charge in [-0.2, -0.15) is 0 Å². The second-order valence-corrected chi connectivity index (χ2v) is 6.82. The Morgan fingerprint density at radius 3 is 2.57 bits per heavy atom. The molecular weight excluding hydrogens is 370 g/mol. The first-order valence-corrected chi connectivity index (χ1v) is 9.44. The summed E-state index contributed by atoms with van der Waals surface area (Å²) in [7, 11) is 0. The number of halogens is 1. The highest BCUT2D eigenvalue weighted by Gasteiger charge is 2.16. The van der Waals surface area contributed by atoms with Gasteiger partial charge in [0, 0.05) is 17.1 Å². The van der Waals surface area contributed by atoms with Crippen molar-refractivity contribution in [3.8, 4) is 11.3 Å². The lowest BCUT2D eigenvalue weighted by Gasteiger charge is -2.11. The molecule has 2 aromatic heterocycles. The number of nitrogens with zero attached hydrogens (tertiary/aromatic N) is 2. The van der Waals surface area contributed by atoms with Crippen LogP contribution in [-0.4, -0.2) is 15.9 Å². The smallest absolute Gasteiger partial charge is 0.257 e. The van der Waals surface area contributed by atoms with Gasteiger partial charge in [0.2, 0.25) is 0 Å². The number of pyridine rings is 2. The van der Waals surface area contributed by atoms with E-state index in [0.717, 1.165) is 12.0 Å². The predicted molar refractivity (Wildman–Crippen MR) is 114 cm³/mol. The molecule has 1 amide bonds. The molecule has 0 saturated carbocycles. The van der Waals surface area contributed by atoms with Gasteiger partial charge in [0.1, 0.15) is 5.82 Å². The van der Waals surface area contributed by atoms with E-state index >= 15 is 0 Å². The number of aromatic nitrogens is 2. The molecule has 0 unspecified atom stereocenters. The number of carbonyl (C=O) groups excluding carboxylic acids is 1. The molecular formula is C23H18ClN3O. The van der Waals surface area contributed by atoms with Crippen LogP contribution >= 0.6 is 11.6 Å². The minimum atomic E-state index is -0.250. The number of rotatable bonds is 4. The van der Waals surface area contributed by atoms with Crippen molar-refractivity contribution in [3.05, 3.63) is 89.1 Å². The van der Waals surface area contributed by atoms with Crippen LogP contribution in [0.5, 0.6) is 0 Å². The minimum Gasteiger partial charge on any atom is -0.307 e.